The van der Waals surface area contributed by atoms with Gasteiger partial charge in [-0.2, -0.15) is 0 Å². The van der Waals surface area contributed by atoms with E-state index in [0.29, 0.717) is 0 Å². The summed E-state index contributed by atoms with van der Waals surface area (Å²) in [4.78, 5) is 0. The summed E-state index contributed by atoms with van der Waals surface area (Å²) in [5.74, 6) is 0.833. The molecule has 0 N–H and O–H groups in total. The molecule has 0 nitrogen and oxygen atoms in total. The Morgan fingerprint density at radius 1 is 1.00 bits per heavy atom. The number of halogens is 1. The highest BCUT2D eigenvalue weighted by Gasteiger charge is 1.74. The molecule has 0 heterocycles. The van der Waals surface area contributed by atoms with Crippen LogP contribution in [0.3, 0.4) is 0 Å². The molecule has 0 saturated carbocycles. The average molecular weight is 171 g/mol. The van der Waals surface area contributed by atoms with Crippen molar-refractivity contribution in [3.05, 3.63) is 35.4 Å². The summed E-state index contributed by atoms with van der Waals surface area (Å²) in [7, 11) is 0. The van der Waals surface area contributed by atoms with Crippen molar-refractivity contribution in [1.82, 2.24) is 0 Å². The van der Waals surface area contributed by atoms with Gasteiger partial charge in [-0.15, -0.1) is 0 Å². The highest BCUT2D eigenvalue weighted by atomic mass is 35.5. The summed E-state index contributed by atoms with van der Waals surface area (Å²) in [5, 5.41) is 0.794. The van der Waals surface area contributed by atoms with Crippen LogP contribution in [-0.4, -0.2) is 0 Å². The van der Waals surface area contributed by atoms with Gasteiger partial charge in [0.25, 0.3) is 0 Å². The van der Waals surface area contributed by atoms with Crippen LogP contribution < -0.4 is 0 Å². The molecule has 1 rings (SSSR count). The zero-order valence-electron chi connectivity index (χ0n) is 7.34. The van der Waals surface area contributed by atoms with Crippen LogP contribution >= 0.6 is 11.6 Å². The Balaban J connectivity index is 0.000000218. The molecule has 0 amide bonds. The number of hydrogen-bond donors (Lipinski definition) is 0. The van der Waals surface area contributed by atoms with E-state index in [9.17, 15) is 0 Å². The van der Waals surface area contributed by atoms with Crippen molar-refractivity contribution in [3.8, 4) is 0 Å². The second-order valence-electron chi connectivity index (χ2n) is 3.03. The Morgan fingerprint density at radius 2 is 1.36 bits per heavy atom. The van der Waals surface area contributed by atoms with Gasteiger partial charge in [-0.1, -0.05) is 50.6 Å². The van der Waals surface area contributed by atoms with Gasteiger partial charge in [-0.25, -0.2) is 0 Å². The molecule has 0 aliphatic rings. The molecule has 0 saturated heterocycles. The molecular formula is C10H15Cl. The first-order chi connectivity index (χ1) is 5.13. The van der Waals surface area contributed by atoms with E-state index >= 15 is 0 Å². The van der Waals surface area contributed by atoms with E-state index in [2.05, 4.69) is 20.8 Å². The molecule has 0 atom stereocenters. The lowest BCUT2D eigenvalue weighted by atomic mass is 10.3. The van der Waals surface area contributed by atoms with Gasteiger partial charge in [0.2, 0.25) is 0 Å². The highest BCUT2D eigenvalue weighted by molar-refractivity contribution is 6.30. The predicted octanol–water partition coefficient (Wildman–Crippen LogP) is 4.00. The summed E-state index contributed by atoms with van der Waals surface area (Å²) >= 11 is 5.54. The Bertz CT molecular complexity index is 165. The third-order valence-electron chi connectivity index (χ3n) is 0.733. The van der Waals surface area contributed by atoms with Gasteiger partial charge >= 0.3 is 0 Å². The molecule has 0 fully saturated rings. The fourth-order valence-corrected chi connectivity index (χ4v) is 0.560. The number of benzene rings is 1. The zero-order valence-corrected chi connectivity index (χ0v) is 8.10. The Kier molecular flexibility index (Phi) is 5.96. The van der Waals surface area contributed by atoms with Crippen molar-refractivity contribution in [2.45, 2.75) is 20.8 Å². The molecule has 0 radical (unpaired) electrons. The first kappa shape index (κ1) is 10.5. The quantitative estimate of drug-likeness (QED) is 0.552. The van der Waals surface area contributed by atoms with Gasteiger partial charge in [-0.3, -0.25) is 0 Å². The molecule has 1 heteroatoms. The molecule has 0 aliphatic carbocycles. The monoisotopic (exact) mass is 170 g/mol. The summed E-state index contributed by atoms with van der Waals surface area (Å²) in [6, 6.07) is 9.44. The summed E-state index contributed by atoms with van der Waals surface area (Å²) in [6.45, 7) is 6.50. The molecule has 11 heavy (non-hydrogen) atoms. The zero-order chi connectivity index (χ0) is 8.69. The molecule has 0 aromatic heterocycles. The van der Waals surface area contributed by atoms with Gasteiger partial charge in [0.1, 0.15) is 0 Å². The lowest BCUT2D eigenvalue weighted by Gasteiger charge is -1.80. The summed E-state index contributed by atoms with van der Waals surface area (Å²) in [5.41, 5.74) is 0. The molecule has 0 unspecified atom stereocenters. The average Bonchev–Trinajstić information content (AvgIpc) is 1.87. The molecule has 62 valence electrons. The second kappa shape index (κ2) is 6.23. The van der Waals surface area contributed by atoms with Gasteiger partial charge < -0.3 is 0 Å². The first-order valence-electron chi connectivity index (χ1n) is 3.83. The fraction of sp³-hybridized carbons (Fsp3) is 0.400. The van der Waals surface area contributed by atoms with Gasteiger partial charge in [0.05, 0.1) is 0 Å². The topological polar surface area (TPSA) is 0 Å². The fourth-order valence-electron chi connectivity index (χ4n) is 0.415. The van der Waals surface area contributed by atoms with Crippen LogP contribution in [0.2, 0.25) is 5.02 Å². The Labute approximate surface area is 74.2 Å². The minimum atomic E-state index is 0.794. The van der Waals surface area contributed by atoms with E-state index in [1.165, 1.54) is 0 Å². The van der Waals surface area contributed by atoms with Gasteiger partial charge in [-0.05, 0) is 18.1 Å². The third kappa shape index (κ3) is 9.51. The SMILES string of the molecule is CC(C)C.Clc1ccccc1. The van der Waals surface area contributed by atoms with Crippen LogP contribution in [0.25, 0.3) is 0 Å². The third-order valence-corrected chi connectivity index (χ3v) is 0.985. The van der Waals surface area contributed by atoms with E-state index in [-0.39, 0.29) is 0 Å². The van der Waals surface area contributed by atoms with Crippen LogP contribution in [0.15, 0.2) is 30.3 Å². The van der Waals surface area contributed by atoms with Gasteiger partial charge in [0, 0.05) is 5.02 Å². The summed E-state index contributed by atoms with van der Waals surface area (Å²) in [6.07, 6.45) is 0. The van der Waals surface area contributed by atoms with Crippen LogP contribution in [0.5, 0.6) is 0 Å². The van der Waals surface area contributed by atoms with Crippen molar-refractivity contribution < 1.29 is 0 Å². The normalized spacial score (nSPS) is 8.82. The Hall–Kier alpha value is -0.490. The van der Waals surface area contributed by atoms with Crippen molar-refractivity contribution in [1.29, 1.82) is 0 Å². The number of hydrogen-bond acceptors (Lipinski definition) is 0. The maximum absolute atomic E-state index is 5.54. The first-order valence-corrected chi connectivity index (χ1v) is 4.21. The summed E-state index contributed by atoms with van der Waals surface area (Å²) < 4.78 is 0. The van der Waals surface area contributed by atoms with Crippen molar-refractivity contribution in [3.63, 3.8) is 0 Å². The molecule has 0 spiro atoms. The number of rotatable bonds is 0. The molecule has 1 aromatic carbocycles. The lowest BCUT2D eigenvalue weighted by Crippen LogP contribution is -1.66. The lowest BCUT2D eigenvalue weighted by molar-refractivity contribution is 0.737. The van der Waals surface area contributed by atoms with Crippen molar-refractivity contribution in [2.24, 2.45) is 5.92 Å². The predicted molar refractivity (Wildman–Crippen MR) is 52.0 cm³/mol. The van der Waals surface area contributed by atoms with E-state index in [1.807, 2.05) is 30.3 Å². The van der Waals surface area contributed by atoms with E-state index in [1.54, 1.807) is 0 Å². The molecule has 0 bridgehead atoms. The minimum absolute atomic E-state index is 0.794. The smallest absolute Gasteiger partial charge is 0.0405 e. The Morgan fingerprint density at radius 3 is 1.55 bits per heavy atom. The van der Waals surface area contributed by atoms with Crippen LogP contribution in [0.1, 0.15) is 20.8 Å². The van der Waals surface area contributed by atoms with Crippen LogP contribution in [0.4, 0.5) is 0 Å². The van der Waals surface area contributed by atoms with Crippen molar-refractivity contribution in [2.75, 3.05) is 0 Å². The molecule has 0 aliphatic heterocycles. The van der Waals surface area contributed by atoms with E-state index in [0.717, 1.165) is 10.9 Å². The van der Waals surface area contributed by atoms with Crippen LogP contribution in [0, 0.1) is 5.92 Å². The highest BCUT2D eigenvalue weighted by Crippen LogP contribution is 2.03. The van der Waals surface area contributed by atoms with Crippen LogP contribution in [-0.2, 0) is 0 Å². The van der Waals surface area contributed by atoms with E-state index < -0.39 is 0 Å². The molecular weight excluding hydrogens is 156 g/mol. The van der Waals surface area contributed by atoms with Crippen molar-refractivity contribution >= 4 is 11.6 Å². The molecule has 1 aromatic rings. The second-order valence-corrected chi connectivity index (χ2v) is 3.46. The van der Waals surface area contributed by atoms with E-state index in [4.69, 9.17) is 11.6 Å². The van der Waals surface area contributed by atoms with Gasteiger partial charge in [0.15, 0.2) is 0 Å². The standard InChI is InChI=1S/C6H5Cl.C4H10/c7-6-4-2-1-3-5-6;1-4(2)3/h1-5H;4H,1-3H3. The minimum Gasteiger partial charge on any atom is -0.0843 e. The maximum atomic E-state index is 5.54. The maximum Gasteiger partial charge on any atom is 0.0405 e. The largest absolute Gasteiger partial charge is 0.0843 e.